The minimum atomic E-state index is 0.415. The van der Waals surface area contributed by atoms with Gasteiger partial charge in [0.2, 0.25) is 0 Å². The second kappa shape index (κ2) is 7.56. The van der Waals surface area contributed by atoms with Crippen molar-refractivity contribution in [3.63, 3.8) is 0 Å². The number of rotatable bonds is 7. The average Bonchev–Trinajstić information content (AvgIpc) is 2.97. The molecule has 0 aromatic carbocycles. The van der Waals surface area contributed by atoms with Gasteiger partial charge < -0.3 is 14.5 Å². The van der Waals surface area contributed by atoms with Crippen LogP contribution in [-0.2, 0) is 17.8 Å². The van der Waals surface area contributed by atoms with Crippen molar-refractivity contribution >= 4 is 21.7 Å². The maximum absolute atomic E-state index is 5.74. The number of halogens is 1. The predicted molar refractivity (Wildman–Crippen MR) is 86.3 cm³/mol. The van der Waals surface area contributed by atoms with Crippen molar-refractivity contribution in [1.82, 2.24) is 9.97 Å². The van der Waals surface area contributed by atoms with Gasteiger partial charge in [0.1, 0.15) is 11.6 Å². The summed E-state index contributed by atoms with van der Waals surface area (Å²) < 4.78 is 11.8. The lowest BCUT2D eigenvalue weighted by Crippen LogP contribution is -2.07. The predicted octanol–water partition coefficient (Wildman–Crippen LogP) is 4.03. The Morgan fingerprint density at radius 3 is 2.71 bits per heavy atom. The van der Waals surface area contributed by atoms with Gasteiger partial charge in [-0.05, 0) is 34.5 Å². The van der Waals surface area contributed by atoms with E-state index in [1.807, 2.05) is 12.1 Å². The summed E-state index contributed by atoms with van der Waals surface area (Å²) in [7, 11) is 1.65. The molecule has 2 rings (SSSR count). The number of furan rings is 1. The fourth-order valence-electron chi connectivity index (χ4n) is 1.88. The van der Waals surface area contributed by atoms with Crippen LogP contribution in [0.25, 0.3) is 11.6 Å². The third-order valence-corrected chi connectivity index (χ3v) is 3.81. The zero-order valence-corrected chi connectivity index (χ0v) is 14.2. The van der Waals surface area contributed by atoms with E-state index in [1.165, 1.54) is 0 Å². The molecule has 2 aromatic rings. The lowest BCUT2D eigenvalue weighted by atomic mass is 10.3. The molecule has 2 heterocycles. The van der Waals surface area contributed by atoms with Crippen LogP contribution in [0.3, 0.4) is 0 Å². The quantitative estimate of drug-likeness (QED) is 0.814. The highest BCUT2D eigenvalue weighted by atomic mass is 79.9. The summed E-state index contributed by atoms with van der Waals surface area (Å²) in [6.45, 7) is 5.42. The first-order valence-electron chi connectivity index (χ1n) is 7.07. The molecule has 0 aliphatic carbocycles. The molecule has 1 N–H and O–H groups in total. The number of anilines is 1. The first-order valence-corrected chi connectivity index (χ1v) is 7.87. The molecular formula is C15H20BrN3O2. The van der Waals surface area contributed by atoms with Crippen molar-refractivity contribution < 1.29 is 9.15 Å². The molecule has 0 saturated heterocycles. The number of aryl methyl sites for hydroxylation is 1. The average molecular weight is 354 g/mol. The van der Waals surface area contributed by atoms with Crippen LogP contribution in [0, 0.1) is 0 Å². The molecule has 0 bridgehead atoms. The first kappa shape index (κ1) is 16.0. The van der Waals surface area contributed by atoms with E-state index < -0.39 is 0 Å². The van der Waals surface area contributed by atoms with Crippen molar-refractivity contribution in [2.45, 2.75) is 33.3 Å². The van der Waals surface area contributed by atoms with E-state index >= 15 is 0 Å². The van der Waals surface area contributed by atoms with Crippen LogP contribution >= 0.6 is 15.9 Å². The number of nitrogens with one attached hydrogen (secondary N) is 1. The van der Waals surface area contributed by atoms with E-state index in [0.29, 0.717) is 18.2 Å². The molecule has 5 nitrogen and oxygen atoms in total. The highest BCUT2D eigenvalue weighted by molar-refractivity contribution is 9.10. The molecule has 6 heteroatoms. The molecule has 0 radical (unpaired) electrons. The van der Waals surface area contributed by atoms with E-state index in [9.17, 15) is 0 Å². The first-order chi connectivity index (χ1) is 10.2. The summed E-state index contributed by atoms with van der Waals surface area (Å²) in [6.07, 6.45) is 1.87. The molecule has 0 aliphatic rings. The largest absolute Gasteiger partial charge is 0.458 e. The van der Waals surface area contributed by atoms with Gasteiger partial charge in [0.25, 0.3) is 0 Å². The Morgan fingerprint density at radius 1 is 1.29 bits per heavy atom. The van der Waals surface area contributed by atoms with Crippen LogP contribution in [0.5, 0.6) is 0 Å². The number of ether oxygens (including phenoxy) is 1. The van der Waals surface area contributed by atoms with E-state index in [2.05, 4.69) is 45.1 Å². The van der Waals surface area contributed by atoms with Crippen LogP contribution in [0.15, 0.2) is 21.0 Å². The number of hydrogen-bond acceptors (Lipinski definition) is 5. The van der Waals surface area contributed by atoms with Crippen LogP contribution in [0.1, 0.15) is 31.7 Å². The summed E-state index contributed by atoms with van der Waals surface area (Å²) in [4.78, 5) is 9.08. The van der Waals surface area contributed by atoms with Gasteiger partial charge >= 0.3 is 0 Å². The van der Waals surface area contributed by atoms with E-state index in [-0.39, 0.29) is 0 Å². The normalized spacial score (nSPS) is 10.9. The molecule has 0 aliphatic heterocycles. The number of nitrogens with zero attached hydrogens (tertiary/aromatic N) is 2. The van der Waals surface area contributed by atoms with Gasteiger partial charge in [0, 0.05) is 20.1 Å². The highest BCUT2D eigenvalue weighted by Crippen LogP contribution is 2.28. The number of methoxy groups -OCH3 is 1. The summed E-state index contributed by atoms with van der Waals surface area (Å²) in [5.74, 6) is 2.94. The molecule has 0 amide bonds. The Morgan fingerprint density at radius 2 is 2.10 bits per heavy atom. The maximum atomic E-state index is 5.74. The Bertz CT molecular complexity index is 599. The molecular weight excluding hydrogens is 334 g/mol. The molecule has 2 aromatic heterocycles. The molecule has 21 heavy (non-hydrogen) atoms. The molecule has 0 spiro atoms. The Balaban J connectivity index is 2.41. The fraction of sp³-hybridized carbons (Fsp3) is 0.467. The Labute approximate surface area is 133 Å². The molecule has 0 saturated carbocycles. The smallest absolute Gasteiger partial charge is 0.198 e. The van der Waals surface area contributed by atoms with Crippen molar-refractivity contribution in [2.24, 2.45) is 0 Å². The lowest BCUT2D eigenvalue weighted by molar-refractivity contribution is 0.181. The minimum absolute atomic E-state index is 0.415. The fourth-order valence-corrected chi connectivity index (χ4v) is 2.32. The molecule has 0 atom stereocenters. The van der Waals surface area contributed by atoms with Gasteiger partial charge in [-0.1, -0.05) is 13.8 Å². The van der Waals surface area contributed by atoms with Gasteiger partial charge in [0.15, 0.2) is 11.6 Å². The summed E-state index contributed by atoms with van der Waals surface area (Å²) in [5, 5.41) is 3.30. The standard InChI is InChI=1S/C15H20BrN3O2/c1-4-8-17-15-13(16)11(9-20-3)18-14(19-15)12-7-6-10(5-2)21-12/h6-7H,4-5,8-9H2,1-3H3,(H,17,18,19). The number of hydrogen-bond donors (Lipinski definition) is 1. The van der Waals surface area contributed by atoms with E-state index in [0.717, 1.165) is 41.1 Å². The summed E-state index contributed by atoms with van der Waals surface area (Å²) in [5.41, 5.74) is 0.801. The maximum Gasteiger partial charge on any atom is 0.198 e. The van der Waals surface area contributed by atoms with Crippen LogP contribution in [0.4, 0.5) is 5.82 Å². The van der Waals surface area contributed by atoms with Gasteiger partial charge in [-0.3, -0.25) is 0 Å². The number of aromatic nitrogens is 2. The Kier molecular flexibility index (Phi) is 5.76. The van der Waals surface area contributed by atoms with Crippen molar-refractivity contribution in [2.75, 3.05) is 19.0 Å². The second-order valence-corrected chi connectivity index (χ2v) is 5.43. The van der Waals surface area contributed by atoms with Crippen LogP contribution in [0.2, 0.25) is 0 Å². The van der Waals surface area contributed by atoms with Crippen LogP contribution < -0.4 is 5.32 Å². The van der Waals surface area contributed by atoms with Crippen molar-refractivity contribution in [1.29, 1.82) is 0 Å². The monoisotopic (exact) mass is 353 g/mol. The topological polar surface area (TPSA) is 60.2 Å². The highest BCUT2D eigenvalue weighted by Gasteiger charge is 2.15. The van der Waals surface area contributed by atoms with Crippen molar-refractivity contribution in [3.8, 4) is 11.6 Å². The van der Waals surface area contributed by atoms with Gasteiger partial charge in [0.05, 0.1) is 16.8 Å². The molecule has 0 unspecified atom stereocenters. The molecule has 0 fully saturated rings. The lowest BCUT2D eigenvalue weighted by Gasteiger charge is -2.11. The van der Waals surface area contributed by atoms with Gasteiger partial charge in [-0.15, -0.1) is 0 Å². The van der Waals surface area contributed by atoms with Gasteiger partial charge in [-0.25, -0.2) is 9.97 Å². The SMILES string of the molecule is CCCNc1nc(-c2ccc(CC)o2)nc(COC)c1Br. The summed E-state index contributed by atoms with van der Waals surface area (Å²) in [6, 6.07) is 3.86. The second-order valence-electron chi connectivity index (χ2n) is 4.64. The van der Waals surface area contributed by atoms with Crippen LogP contribution in [-0.4, -0.2) is 23.6 Å². The van der Waals surface area contributed by atoms with E-state index in [4.69, 9.17) is 9.15 Å². The van der Waals surface area contributed by atoms with Gasteiger partial charge in [-0.2, -0.15) is 0 Å². The zero-order chi connectivity index (χ0) is 15.2. The third-order valence-electron chi connectivity index (χ3n) is 2.97. The zero-order valence-electron chi connectivity index (χ0n) is 12.6. The molecule has 114 valence electrons. The minimum Gasteiger partial charge on any atom is -0.458 e. The third kappa shape index (κ3) is 3.83. The van der Waals surface area contributed by atoms with E-state index in [1.54, 1.807) is 7.11 Å². The van der Waals surface area contributed by atoms with Crippen molar-refractivity contribution in [3.05, 3.63) is 28.1 Å². The summed E-state index contributed by atoms with van der Waals surface area (Å²) >= 11 is 3.54. The Hall–Kier alpha value is -1.40.